The van der Waals surface area contributed by atoms with Crippen LogP contribution < -0.4 is 0 Å². The number of aliphatic hydroxyl groups excluding tert-OH is 1. The average molecular weight is 475 g/mol. The van der Waals surface area contributed by atoms with Crippen LogP contribution >= 0.6 is 23.2 Å². The molecule has 3 N–H and O–H groups in total. The minimum atomic E-state index is -0.0220. The number of aliphatic imine (C=N–C) groups is 1. The molecule has 9 nitrogen and oxygen atoms in total. The van der Waals surface area contributed by atoms with Crippen LogP contribution in [0, 0.1) is 5.41 Å². The van der Waals surface area contributed by atoms with Crippen molar-refractivity contribution in [1.29, 1.82) is 5.41 Å². The van der Waals surface area contributed by atoms with E-state index in [1.807, 2.05) is 0 Å². The quantitative estimate of drug-likeness (QED) is 0.348. The lowest BCUT2D eigenvalue weighted by Gasteiger charge is -2.29. The average Bonchev–Trinajstić information content (AvgIpc) is 2.77. The Labute approximate surface area is 193 Å². The van der Waals surface area contributed by atoms with Crippen molar-refractivity contribution in [2.24, 2.45) is 4.99 Å². The predicted octanol–water partition coefficient (Wildman–Crippen LogP) is 2.76. The van der Waals surface area contributed by atoms with E-state index < -0.39 is 0 Å². The summed E-state index contributed by atoms with van der Waals surface area (Å²) in [6, 6.07) is 0. The van der Waals surface area contributed by atoms with Crippen LogP contribution in [0.15, 0.2) is 29.3 Å². The minimum absolute atomic E-state index is 0.0220. The Bertz CT molecular complexity index is 643. The fourth-order valence-electron chi connectivity index (χ4n) is 2.80. The van der Waals surface area contributed by atoms with Gasteiger partial charge in [-0.15, -0.1) is 0 Å². The number of hydrogen-bond donors (Lipinski definition) is 3. The summed E-state index contributed by atoms with van der Waals surface area (Å²) in [5.41, 5.74) is 1.15. The fraction of sp³-hybridized carbons (Fsp3) is 0.600. The SMILES string of the molecule is CN1CCC(O)CC1.CN1CCC(O/C(C=N)=C/N=CCl)CC1.Oc1cnc(Cl)nc1. The van der Waals surface area contributed by atoms with Crippen LogP contribution in [0.5, 0.6) is 5.75 Å². The van der Waals surface area contributed by atoms with Crippen LogP contribution in [-0.4, -0.2) is 94.4 Å². The summed E-state index contributed by atoms with van der Waals surface area (Å²) < 4.78 is 5.61. The lowest BCUT2D eigenvalue weighted by atomic mass is 10.1. The molecule has 0 aliphatic carbocycles. The third-order valence-electron chi connectivity index (χ3n) is 4.66. The zero-order chi connectivity index (χ0) is 23.1. The Hall–Kier alpha value is -1.78. The number of ether oxygens (including phenoxy) is 1. The second kappa shape index (κ2) is 15.9. The number of aromatic hydroxyl groups is 1. The van der Waals surface area contributed by atoms with E-state index in [9.17, 15) is 0 Å². The van der Waals surface area contributed by atoms with Crippen molar-refractivity contribution in [1.82, 2.24) is 19.8 Å². The first kappa shape index (κ1) is 27.3. The van der Waals surface area contributed by atoms with Crippen molar-refractivity contribution in [3.05, 3.63) is 29.6 Å². The van der Waals surface area contributed by atoms with Gasteiger partial charge in [0.2, 0.25) is 5.28 Å². The van der Waals surface area contributed by atoms with Crippen LogP contribution in [0.25, 0.3) is 0 Å². The van der Waals surface area contributed by atoms with E-state index in [1.165, 1.54) is 18.6 Å². The second-order valence-corrected chi connectivity index (χ2v) is 7.82. The number of halogens is 2. The molecule has 2 fully saturated rings. The molecule has 0 saturated carbocycles. The lowest BCUT2D eigenvalue weighted by molar-refractivity contribution is 0.0679. The Kier molecular flexibility index (Phi) is 14.0. The molecule has 0 atom stereocenters. The largest absolute Gasteiger partial charge is 0.505 e. The summed E-state index contributed by atoms with van der Waals surface area (Å²) in [5.74, 6) is 0.482. The van der Waals surface area contributed by atoms with Crippen molar-refractivity contribution in [3.63, 3.8) is 0 Å². The number of hydrogen-bond acceptors (Lipinski definition) is 9. The van der Waals surface area contributed by atoms with Gasteiger partial charge in [-0.3, -0.25) is 0 Å². The molecule has 2 aliphatic heterocycles. The summed E-state index contributed by atoms with van der Waals surface area (Å²) in [6.07, 6.45) is 9.14. The van der Waals surface area contributed by atoms with E-state index in [4.69, 9.17) is 43.6 Å². The summed E-state index contributed by atoms with van der Waals surface area (Å²) in [5, 5.41) is 24.9. The first-order chi connectivity index (χ1) is 14.8. The summed E-state index contributed by atoms with van der Waals surface area (Å²) in [6.45, 7) is 4.19. The molecule has 174 valence electrons. The van der Waals surface area contributed by atoms with Crippen LogP contribution in [0.2, 0.25) is 5.28 Å². The van der Waals surface area contributed by atoms with Crippen molar-refractivity contribution >= 4 is 35.1 Å². The first-order valence-electron chi connectivity index (χ1n) is 10.0. The van der Waals surface area contributed by atoms with Gasteiger partial charge in [-0.2, -0.15) is 0 Å². The molecular weight excluding hydrogens is 443 g/mol. The van der Waals surface area contributed by atoms with Gasteiger partial charge >= 0.3 is 0 Å². The number of likely N-dealkylation sites (tertiary alicyclic amines) is 2. The smallest absolute Gasteiger partial charge is 0.222 e. The van der Waals surface area contributed by atoms with Crippen LogP contribution in [0.4, 0.5) is 0 Å². The van der Waals surface area contributed by atoms with Crippen molar-refractivity contribution in [3.8, 4) is 5.75 Å². The Morgan fingerprint density at radius 2 is 1.65 bits per heavy atom. The monoisotopic (exact) mass is 474 g/mol. The van der Waals surface area contributed by atoms with E-state index in [2.05, 4.69) is 38.9 Å². The van der Waals surface area contributed by atoms with Gasteiger partial charge in [0.15, 0.2) is 11.5 Å². The molecule has 11 heteroatoms. The predicted molar refractivity (Wildman–Crippen MR) is 124 cm³/mol. The number of aliphatic hydroxyl groups is 1. The van der Waals surface area contributed by atoms with Crippen LogP contribution in [0.1, 0.15) is 25.7 Å². The molecule has 3 heterocycles. The van der Waals surface area contributed by atoms with Gasteiger partial charge in [0.05, 0.1) is 36.6 Å². The second-order valence-electron chi connectivity index (χ2n) is 7.29. The number of rotatable bonds is 4. The highest BCUT2D eigenvalue weighted by atomic mass is 35.5. The van der Waals surface area contributed by atoms with E-state index in [1.54, 1.807) is 0 Å². The van der Waals surface area contributed by atoms with Gasteiger partial charge in [0.25, 0.3) is 0 Å². The summed E-state index contributed by atoms with van der Waals surface area (Å²) in [4.78, 5) is 15.2. The molecular formula is C20H32Cl2N6O3. The van der Waals surface area contributed by atoms with E-state index >= 15 is 0 Å². The summed E-state index contributed by atoms with van der Waals surface area (Å²) >= 11 is 10.6. The minimum Gasteiger partial charge on any atom is -0.505 e. The molecule has 2 aliphatic rings. The number of nitrogens with one attached hydrogen (secondary N) is 1. The number of allylic oxidation sites excluding steroid dienone is 1. The maximum Gasteiger partial charge on any atom is 0.222 e. The maximum absolute atomic E-state index is 9.00. The van der Waals surface area contributed by atoms with Crippen LogP contribution in [0.3, 0.4) is 0 Å². The molecule has 1 aromatic rings. The van der Waals surface area contributed by atoms with E-state index in [0.29, 0.717) is 5.76 Å². The topological polar surface area (TPSA) is 118 Å². The highest BCUT2D eigenvalue weighted by Gasteiger charge is 2.18. The van der Waals surface area contributed by atoms with E-state index in [-0.39, 0.29) is 23.2 Å². The summed E-state index contributed by atoms with van der Waals surface area (Å²) in [7, 11) is 4.19. The third-order valence-corrected chi connectivity index (χ3v) is 4.97. The number of aromatic nitrogens is 2. The van der Waals surface area contributed by atoms with E-state index in [0.717, 1.165) is 63.8 Å². The van der Waals surface area contributed by atoms with Gasteiger partial charge in [-0.1, -0.05) is 11.6 Å². The third kappa shape index (κ3) is 13.3. The normalized spacial score (nSPS) is 19.2. The lowest BCUT2D eigenvalue weighted by Crippen LogP contribution is -2.34. The van der Waals surface area contributed by atoms with Gasteiger partial charge in [-0.05, 0) is 51.4 Å². The van der Waals surface area contributed by atoms with Gasteiger partial charge in [-0.25, -0.2) is 15.0 Å². The molecule has 1 aromatic heterocycles. The molecule has 0 unspecified atom stereocenters. The molecule has 3 rings (SSSR count). The molecule has 0 bridgehead atoms. The maximum atomic E-state index is 9.00. The Morgan fingerprint density at radius 3 is 2.06 bits per heavy atom. The zero-order valence-corrected chi connectivity index (χ0v) is 19.5. The zero-order valence-electron chi connectivity index (χ0n) is 18.0. The number of nitrogens with zero attached hydrogens (tertiary/aromatic N) is 5. The first-order valence-corrected chi connectivity index (χ1v) is 10.9. The molecule has 2 saturated heterocycles. The molecule has 0 spiro atoms. The van der Waals surface area contributed by atoms with Crippen molar-refractivity contribution in [2.75, 3.05) is 40.3 Å². The van der Waals surface area contributed by atoms with Gasteiger partial charge < -0.3 is 30.2 Å². The molecule has 0 aromatic carbocycles. The Balaban J connectivity index is 0.000000253. The molecule has 31 heavy (non-hydrogen) atoms. The molecule has 0 radical (unpaired) electrons. The molecule has 0 amide bonds. The number of piperidine rings is 2. The Morgan fingerprint density at radius 1 is 1.13 bits per heavy atom. The van der Waals surface area contributed by atoms with Gasteiger partial charge in [0, 0.05) is 26.2 Å². The standard InChI is InChI=1S/C10H16ClN3O.C6H13NO.C4H3ClN2O/c1-14-4-2-9(3-5-14)15-10(6-12)7-13-8-11;1-7-4-2-6(8)3-5-7;5-4-6-1-3(8)2-7-4/h6-9,12H,2-5H2,1H3;6,8H,2-5H2,1H3;1-2,8H/b10-7+,12-6?,13-8?;;. The highest BCUT2D eigenvalue weighted by molar-refractivity contribution is 6.56. The van der Waals surface area contributed by atoms with Crippen LogP contribution in [-0.2, 0) is 4.74 Å². The van der Waals surface area contributed by atoms with Gasteiger partial charge in [0.1, 0.15) is 6.10 Å². The fourth-order valence-corrected chi connectivity index (χ4v) is 2.95. The highest BCUT2D eigenvalue weighted by Crippen LogP contribution is 2.15. The van der Waals surface area contributed by atoms with Crippen molar-refractivity contribution in [2.45, 2.75) is 37.9 Å². The van der Waals surface area contributed by atoms with Crippen molar-refractivity contribution < 1.29 is 14.9 Å².